The van der Waals surface area contributed by atoms with Crippen molar-refractivity contribution in [3.63, 3.8) is 0 Å². The van der Waals surface area contributed by atoms with E-state index in [0.717, 1.165) is 26.1 Å². The average molecular weight is 206 g/mol. The molecule has 14 heavy (non-hydrogen) atoms. The highest BCUT2D eigenvalue weighted by Gasteiger charge is 2.27. The summed E-state index contributed by atoms with van der Waals surface area (Å²) in [6.07, 6.45) is 1.57. The number of rotatable bonds is 3. The Morgan fingerprint density at radius 3 is 1.79 bits per heavy atom. The highest BCUT2D eigenvalue weighted by atomic mass is 16.8. The minimum Gasteiger partial charge on any atom is -0.394 e. The van der Waals surface area contributed by atoms with Crippen LogP contribution in [-0.4, -0.2) is 48.7 Å². The molecule has 0 amide bonds. The van der Waals surface area contributed by atoms with E-state index in [-0.39, 0.29) is 19.2 Å². The average Bonchev–Trinajstić information content (AvgIpc) is 2.00. The summed E-state index contributed by atoms with van der Waals surface area (Å²) < 4.78 is 15.3. The van der Waals surface area contributed by atoms with Crippen molar-refractivity contribution < 1.29 is 24.4 Å². The molecule has 0 spiro atoms. The summed E-state index contributed by atoms with van der Waals surface area (Å²) in [4.78, 5) is 0. The fourth-order valence-electron chi connectivity index (χ4n) is 0.812. The van der Waals surface area contributed by atoms with E-state index in [9.17, 15) is 0 Å². The zero-order valence-electron chi connectivity index (χ0n) is 8.39. The highest BCUT2D eigenvalue weighted by Crippen LogP contribution is 2.20. The zero-order valence-corrected chi connectivity index (χ0v) is 8.39. The number of hydrogen-bond acceptors (Lipinski definition) is 5. The molecule has 2 aliphatic heterocycles. The summed E-state index contributed by atoms with van der Waals surface area (Å²) >= 11 is 0. The Morgan fingerprint density at radius 2 is 1.64 bits per heavy atom. The van der Waals surface area contributed by atoms with Gasteiger partial charge < -0.3 is 24.4 Å². The van der Waals surface area contributed by atoms with Crippen molar-refractivity contribution in [2.45, 2.75) is 38.4 Å². The highest BCUT2D eigenvalue weighted by molar-refractivity contribution is 4.60. The largest absolute Gasteiger partial charge is 0.394 e. The van der Waals surface area contributed by atoms with Crippen LogP contribution in [0.5, 0.6) is 0 Å². The lowest BCUT2D eigenvalue weighted by Gasteiger charge is -2.34. The van der Waals surface area contributed by atoms with E-state index in [2.05, 4.69) is 0 Å². The topological polar surface area (TPSA) is 68.2 Å². The van der Waals surface area contributed by atoms with Crippen molar-refractivity contribution >= 4 is 0 Å². The van der Waals surface area contributed by atoms with Gasteiger partial charge in [-0.1, -0.05) is 0 Å². The van der Waals surface area contributed by atoms with E-state index >= 15 is 0 Å². The standard InChI is InChI=1S/C6H10O3.C3H8O2/c1-3-7-5(1)9-6-2-4-8-6;1-3(5)2-4/h5-6H,1-4H2;3-5H,2H2,1H3. The predicted molar refractivity (Wildman–Crippen MR) is 48.6 cm³/mol. The molecule has 0 radical (unpaired) electrons. The van der Waals surface area contributed by atoms with E-state index < -0.39 is 6.10 Å². The second kappa shape index (κ2) is 6.31. The van der Waals surface area contributed by atoms with E-state index in [1.165, 1.54) is 6.92 Å². The monoisotopic (exact) mass is 206 g/mol. The SMILES string of the molecule is C1CC(OC2CCO2)O1.CC(O)CO. The molecule has 0 aliphatic carbocycles. The summed E-state index contributed by atoms with van der Waals surface area (Å²) in [7, 11) is 0. The van der Waals surface area contributed by atoms with Crippen LogP contribution in [0, 0.1) is 0 Å². The number of aliphatic hydroxyl groups is 2. The molecule has 2 rings (SSSR count). The lowest BCUT2D eigenvalue weighted by molar-refractivity contribution is -0.320. The summed E-state index contributed by atoms with van der Waals surface area (Å²) in [6.45, 7) is 3.08. The fourth-order valence-corrected chi connectivity index (χ4v) is 0.812. The second-order valence-corrected chi connectivity index (χ2v) is 3.35. The van der Waals surface area contributed by atoms with Gasteiger partial charge in [-0.25, -0.2) is 0 Å². The molecule has 2 aliphatic rings. The van der Waals surface area contributed by atoms with Crippen LogP contribution in [0.1, 0.15) is 19.8 Å². The summed E-state index contributed by atoms with van der Waals surface area (Å²) in [5, 5.41) is 16.0. The molecular formula is C9H18O5. The van der Waals surface area contributed by atoms with E-state index in [4.69, 9.17) is 24.4 Å². The van der Waals surface area contributed by atoms with Gasteiger partial charge in [0.2, 0.25) is 0 Å². The smallest absolute Gasteiger partial charge is 0.162 e. The van der Waals surface area contributed by atoms with Crippen LogP contribution in [0.15, 0.2) is 0 Å². The van der Waals surface area contributed by atoms with Crippen LogP contribution < -0.4 is 0 Å². The number of aliphatic hydroxyl groups excluding tert-OH is 2. The lowest BCUT2D eigenvalue weighted by atomic mass is 10.3. The fraction of sp³-hybridized carbons (Fsp3) is 1.00. The van der Waals surface area contributed by atoms with Crippen LogP contribution in [-0.2, 0) is 14.2 Å². The molecule has 0 aromatic rings. The molecule has 3 atom stereocenters. The molecule has 2 saturated heterocycles. The van der Waals surface area contributed by atoms with Crippen LogP contribution in [0.2, 0.25) is 0 Å². The zero-order chi connectivity index (χ0) is 10.4. The van der Waals surface area contributed by atoms with Crippen LogP contribution in [0.25, 0.3) is 0 Å². The molecular weight excluding hydrogens is 188 g/mol. The van der Waals surface area contributed by atoms with E-state index in [1.54, 1.807) is 0 Å². The lowest BCUT2D eigenvalue weighted by Crippen LogP contribution is -2.39. The Labute approximate surface area is 83.6 Å². The third-order valence-corrected chi connectivity index (χ3v) is 1.88. The van der Waals surface area contributed by atoms with Crippen molar-refractivity contribution in [3.8, 4) is 0 Å². The van der Waals surface area contributed by atoms with Crippen molar-refractivity contribution in [2.75, 3.05) is 19.8 Å². The Balaban J connectivity index is 0.000000171. The molecule has 2 fully saturated rings. The molecule has 3 unspecified atom stereocenters. The van der Waals surface area contributed by atoms with Gasteiger partial charge >= 0.3 is 0 Å². The van der Waals surface area contributed by atoms with Gasteiger partial charge in [0, 0.05) is 12.8 Å². The Bertz CT molecular complexity index is 130. The van der Waals surface area contributed by atoms with Gasteiger partial charge in [0.05, 0.1) is 25.9 Å². The predicted octanol–water partition coefficient (Wildman–Crippen LogP) is -0.145. The van der Waals surface area contributed by atoms with Gasteiger partial charge in [-0.3, -0.25) is 0 Å². The molecule has 0 aromatic heterocycles. The minimum atomic E-state index is -0.560. The maximum absolute atomic E-state index is 8.11. The van der Waals surface area contributed by atoms with Gasteiger partial charge in [-0.2, -0.15) is 0 Å². The van der Waals surface area contributed by atoms with Crippen molar-refractivity contribution in [1.82, 2.24) is 0 Å². The van der Waals surface area contributed by atoms with Crippen molar-refractivity contribution in [3.05, 3.63) is 0 Å². The molecule has 2 N–H and O–H groups in total. The number of ether oxygens (including phenoxy) is 3. The Hall–Kier alpha value is -0.200. The molecule has 0 bridgehead atoms. The first-order chi connectivity index (χ1) is 6.72. The van der Waals surface area contributed by atoms with Gasteiger partial charge in [0.25, 0.3) is 0 Å². The van der Waals surface area contributed by atoms with Crippen LogP contribution >= 0.6 is 0 Å². The van der Waals surface area contributed by atoms with Crippen LogP contribution in [0.3, 0.4) is 0 Å². The first kappa shape index (κ1) is 11.9. The quantitative estimate of drug-likeness (QED) is 0.672. The third kappa shape index (κ3) is 4.34. The van der Waals surface area contributed by atoms with Gasteiger partial charge in [-0.05, 0) is 6.92 Å². The van der Waals surface area contributed by atoms with Gasteiger partial charge in [0.15, 0.2) is 12.6 Å². The van der Waals surface area contributed by atoms with Crippen molar-refractivity contribution in [2.24, 2.45) is 0 Å². The van der Waals surface area contributed by atoms with Gasteiger partial charge in [0.1, 0.15) is 0 Å². The Morgan fingerprint density at radius 1 is 1.29 bits per heavy atom. The summed E-state index contributed by atoms with van der Waals surface area (Å²) in [5.41, 5.74) is 0. The summed E-state index contributed by atoms with van der Waals surface area (Å²) in [5.74, 6) is 0. The second-order valence-electron chi connectivity index (χ2n) is 3.35. The van der Waals surface area contributed by atoms with Crippen molar-refractivity contribution in [1.29, 1.82) is 0 Å². The minimum absolute atomic E-state index is 0.0373. The Kier molecular flexibility index (Phi) is 5.36. The summed E-state index contributed by atoms with van der Waals surface area (Å²) in [6, 6.07) is 0. The van der Waals surface area contributed by atoms with E-state index in [1.807, 2.05) is 0 Å². The van der Waals surface area contributed by atoms with Gasteiger partial charge in [-0.15, -0.1) is 0 Å². The third-order valence-electron chi connectivity index (χ3n) is 1.88. The number of hydrogen-bond donors (Lipinski definition) is 2. The molecule has 2 heterocycles. The first-order valence-electron chi connectivity index (χ1n) is 4.90. The normalized spacial score (nSPS) is 31.9. The van der Waals surface area contributed by atoms with Crippen LogP contribution in [0.4, 0.5) is 0 Å². The molecule has 0 aromatic carbocycles. The molecule has 5 nitrogen and oxygen atoms in total. The first-order valence-corrected chi connectivity index (χ1v) is 4.90. The maximum atomic E-state index is 8.11. The molecule has 84 valence electrons. The molecule has 0 saturated carbocycles. The van der Waals surface area contributed by atoms with E-state index in [0.29, 0.717) is 0 Å². The molecule has 5 heteroatoms. The maximum Gasteiger partial charge on any atom is 0.162 e.